The van der Waals surface area contributed by atoms with Gasteiger partial charge in [0.1, 0.15) is 11.5 Å². The number of hydrogen-bond donors (Lipinski definition) is 2. The standard InChI is InChI=1S/C26H27N7O/c1-16-29-22-5-4-20(13-23(22)30-16)33-26(27)25(14-28-33)32-21(15-34)12-19-11-18(3-6-24(19)32)17-7-9-31(2)10-8-17/h3-6,11-15,17H,7-10,27H2,1-2H3,(H,29,30). The van der Waals surface area contributed by atoms with Crippen LogP contribution >= 0.6 is 0 Å². The Kier molecular flexibility index (Phi) is 4.77. The Morgan fingerprint density at radius 2 is 1.94 bits per heavy atom. The van der Waals surface area contributed by atoms with Crippen molar-refractivity contribution >= 4 is 34.0 Å². The number of nitrogen functional groups attached to an aromatic ring is 1. The number of carbonyl (C=O) groups is 1. The number of carbonyl (C=O) groups excluding carboxylic acids is 1. The molecule has 5 aromatic rings. The minimum Gasteiger partial charge on any atom is -0.382 e. The Hall–Kier alpha value is -3.91. The van der Waals surface area contributed by atoms with Gasteiger partial charge in [0.05, 0.1) is 34.1 Å². The van der Waals surface area contributed by atoms with Crippen LogP contribution in [0.25, 0.3) is 33.3 Å². The van der Waals surface area contributed by atoms with Crippen molar-refractivity contribution in [2.75, 3.05) is 25.9 Å². The van der Waals surface area contributed by atoms with E-state index in [0.29, 0.717) is 23.1 Å². The maximum absolute atomic E-state index is 12.0. The van der Waals surface area contributed by atoms with Crippen molar-refractivity contribution in [2.45, 2.75) is 25.7 Å². The number of benzene rings is 2. The van der Waals surface area contributed by atoms with Crippen molar-refractivity contribution in [3.8, 4) is 11.4 Å². The number of hydrogen-bond acceptors (Lipinski definition) is 5. The summed E-state index contributed by atoms with van der Waals surface area (Å²) in [5, 5.41) is 5.59. The van der Waals surface area contributed by atoms with Crippen LogP contribution in [-0.4, -0.2) is 55.6 Å². The molecule has 0 atom stereocenters. The Morgan fingerprint density at radius 3 is 2.74 bits per heavy atom. The molecule has 0 radical (unpaired) electrons. The zero-order valence-corrected chi connectivity index (χ0v) is 19.3. The van der Waals surface area contributed by atoms with E-state index in [2.05, 4.69) is 45.2 Å². The molecule has 34 heavy (non-hydrogen) atoms. The molecule has 1 aliphatic heterocycles. The predicted octanol–water partition coefficient (Wildman–Crippen LogP) is 4.20. The fraction of sp³-hybridized carbons (Fsp3) is 0.269. The van der Waals surface area contributed by atoms with Gasteiger partial charge in [-0.05, 0) is 87.8 Å². The van der Waals surface area contributed by atoms with Gasteiger partial charge in [-0.25, -0.2) is 9.67 Å². The Labute approximate surface area is 197 Å². The highest BCUT2D eigenvalue weighted by Crippen LogP contribution is 2.33. The van der Waals surface area contributed by atoms with Crippen LogP contribution in [0.1, 0.15) is 40.6 Å². The van der Waals surface area contributed by atoms with Crippen LogP contribution < -0.4 is 5.73 Å². The SMILES string of the molecule is Cc1nc2cc(-n3ncc(-n4c(C=O)cc5cc(C6CCN(C)CC6)ccc54)c3N)ccc2[nH]1. The first-order chi connectivity index (χ1) is 16.5. The van der Waals surface area contributed by atoms with Gasteiger partial charge in [0.25, 0.3) is 0 Å². The third-order valence-corrected chi connectivity index (χ3v) is 7.02. The number of rotatable bonds is 4. The molecule has 0 aliphatic carbocycles. The molecule has 2 aromatic carbocycles. The summed E-state index contributed by atoms with van der Waals surface area (Å²) in [5.41, 5.74) is 12.7. The van der Waals surface area contributed by atoms with E-state index in [0.717, 1.165) is 65.7 Å². The summed E-state index contributed by atoms with van der Waals surface area (Å²) in [7, 11) is 2.17. The average molecular weight is 454 g/mol. The van der Waals surface area contributed by atoms with Crippen molar-refractivity contribution in [3.63, 3.8) is 0 Å². The van der Waals surface area contributed by atoms with Crippen LogP contribution in [0.15, 0.2) is 48.7 Å². The minimum absolute atomic E-state index is 0.464. The first-order valence-corrected chi connectivity index (χ1v) is 11.6. The molecule has 0 unspecified atom stereocenters. The maximum atomic E-state index is 12.0. The normalized spacial score (nSPS) is 15.5. The summed E-state index contributed by atoms with van der Waals surface area (Å²) in [6.45, 7) is 4.15. The number of aromatic amines is 1. The van der Waals surface area contributed by atoms with Crippen molar-refractivity contribution in [2.24, 2.45) is 0 Å². The number of H-pyrrole nitrogens is 1. The van der Waals surface area contributed by atoms with Crippen molar-refractivity contribution in [3.05, 3.63) is 65.7 Å². The zero-order chi connectivity index (χ0) is 23.4. The van der Waals surface area contributed by atoms with Crippen LogP contribution in [0, 0.1) is 6.92 Å². The van der Waals surface area contributed by atoms with Crippen molar-refractivity contribution in [1.82, 2.24) is 29.2 Å². The summed E-state index contributed by atoms with van der Waals surface area (Å²) in [4.78, 5) is 22.1. The lowest BCUT2D eigenvalue weighted by Crippen LogP contribution is -2.29. The quantitative estimate of drug-likeness (QED) is 0.398. The molecule has 6 rings (SSSR count). The molecule has 8 nitrogen and oxygen atoms in total. The molecular weight excluding hydrogens is 426 g/mol. The molecule has 8 heteroatoms. The number of nitrogens with two attached hydrogens (primary N) is 1. The average Bonchev–Trinajstić information content (AvgIpc) is 3.51. The van der Waals surface area contributed by atoms with Gasteiger partial charge in [-0.2, -0.15) is 5.10 Å². The molecule has 0 bridgehead atoms. The topological polar surface area (TPSA) is 97.8 Å². The number of likely N-dealkylation sites (tertiary alicyclic amines) is 1. The molecule has 1 fully saturated rings. The fourth-order valence-electron chi connectivity index (χ4n) is 5.19. The molecular formula is C26H27N7O. The van der Waals surface area contributed by atoms with E-state index in [9.17, 15) is 4.79 Å². The van der Waals surface area contributed by atoms with Gasteiger partial charge >= 0.3 is 0 Å². The number of imidazole rings is 1. The van der Waals surface area contributed by atoms with Gasteiger partial charge in [0.15, 0.2) is 12.1 Å². The van der Waals surface area contributed by atoms with E-state index >= 15 is 0 Å². The second-order valence-corrected chi connectivity index (χ2v) is 9.27. The Balaban J connectivity index is 1.42. The van der Waals surface area contributed by atoms with Gasteiger partial charge in [-0.15, -0.1) is 0 Å². The third-order valence-electron chi connectivity index (χ3n) is 7.02. The second-order valence-electron chi connectivity index (χ2n) is 9.27. The highest BCUT2D eigenvalue weighted by Gasteiger charge is 2.21. The van der Waals surface area contributed by atoms with Gasteiger partial charge in [0, 0.05) is 5.39 Å². The molecule has 4 heterocycles. The second kappa shape index (κ2) is 7.85. The number of fused-ring (bicyclic) bond motifs is 2. The van der Waals surface area contributed by atoms with E-state index in [1.165, 1.54) is 5.56 Å². The molecule has 3 aromatic heterocycles. The summed E-state index contributed by atoms with van der Waals surface area (Å²) < 4.78 is 3.59. The molecule has 3 N–H and O–H groups in total. The molecule has 0 saturated carbocycles. The van der Waals surface area contributed by atoms with Crippen LogP contribution in [0.4, 0.5) is 5.82 Å². The first kappa shape index (κ1) is 20.7. The van der Waals surface area contributed by atoms with Crippen molar-refractivity contribution in [1.29, 1.82) is 0 Å². The number of aromatic nitrogens is 5. The minimum atomic E-state index is 0.464. The van der Waals surface area contributed by atoms with Gasteiger partial charge in [0.2, 0.25) is 0 Å². The number of anilines is 1. The molecule has 172 valence electrons. The number of piperidine rings is 1. The lowest BCUT2D eigenvalue weighted by atomic mass is 9.89. The molecule has 0 amide bonds. The van der Waals surface area contributed by atoms with Gasteiger partial charge in [-0.3, -0.25) is 4.79 Å². The smallest absolute Gasteiger partial charge is 0.166 e. The summed E-state index contributed by atoms with van der Waals surface area (Å²) in [6, 6.07) is 14.3. The summed E-state index contributed by atoms with van der Waals surface area (Å²) >= 11 is 0. The predicted molar refractivity (Wildman–Crippen MR) is 134 cm³/mol. The maximum Gasteiger partial charge on any atom is 0.166 e. The molecule has 0 spiro atoms. The van der Waals surface area contributed by atoms with Crippen LogP contribution in [0.2, 0.25) is 0 Å². The number of aryl methyl sites for hydroxylation is 1. The molecule has 1 aliphatic rings. The highest BCUT2D eigenvalue weighted by molar-refractivity contribution is 5.92. The highest BCUT2D eigenvalue weighted by atomic mass is 16.1. The largest absolute Gasteiger partial charge is 0.382 e. The number of nitrogens with one attached hydrogen (secondary N) is 1. The van der Waals surface area contributed by atoms with E-state index < -0.39 is 0 Å². The first-order valence-electron chi connectivity index (χ1n) is 11.6. The fourth-order valence-corrected chi connectivity index (χ4v) is 5.19. The van der Waals surface area contributed by atoms with Crippen LogP contribution in [-0.2, 0) is 0 Å². The van der Waals surface area contributed by atoms with Gasteiger partial charge in [-0.1, -0.05) is 6.07 Å². The summed E-state index contributed by atoms with van der Waals surface area (Å²) in [6.07, 6.45) is 4.91. The zero-order valence-electron chi connectivity index (χ0n) is 19.3. The number of nitrogens with zero attached hydrogens (tertiary/aromatic N) is 5. The van der Waals surface area contributed by atoms with Crippen LogP contribution in [0.3, 0.4) is 0 Å². The van der Waals surface area contributed by atoms with Crippen molar-refractivity contribution < 1.29 is 4.79 Å². The van der Waals surface area contributed by atoms with E-state index in [1.807, 2.05) is 35.8 Å². The lowest BCUT2D eigenvalue weighted by molar-refractivity contribution is 0.111. The monoisotopic (exact) mass is 453 g/mol. The molecule has 1 saturated heterocycles. The Morgan fingerprint density at radius 1 is 1.12 bits per heavy atom. The van der Waals surface area contributed by atoms with E-state index in [4.69, 9.17) is 5.73 Å². The van der Waals surface area contributed by atoms with Gasteiger partial charge < -0.3 is 20.2 Å². The lowest BCUT2D eigenvalue weighted by Gasteiger charge is -2.29. The Bertz CT molecular complexity index is 1530. The number of aldehydes is 1. The van der Waals surface area contributed by atoms with E-state index in [-0.39, 0.29) is 0 Å². The van der Waals surface area contributed by atoms with E-state index in [1.54, 1.807) is 10.9 Å². The summed E-state index contributed by atoms with van der Waals surface area (Å²) in [5.74, 6) is 1.87. The third kappa shape index (κ3) is 3.30. The van der Waals surface area contributed by atoms with Crippen LogP contribution in [0.5, 0.6) is 0 Å².